The summed E-state index contributed by atoms with van der Waals surface area (Å²) in [5.74, 6) is -1.62. The first-order chi connectivity index (χ1) is 9.87. The van der Waals surface area contributed by atoms with Crippen LogP contribution in [0.15, 0.2) is 21.5 Å². The highest BCUT2D eigenvalue weighted by Crippen LogP contribution is 2.31. The van der Waals surface area contributed by atoms with E-state index in [9.17, 15) is 17.2 Å². The molecule has 21 heavy (non-hydrogen) atoms. The standard InChI is InChI=1S/C13H15BrF2N2O2S/c14-10-5-9(15)6-11(16)13(10)21(19,20)17-12-7-18-3-1-8(12)2-4-18/h5-6,8,12,17H,1-4,7H2. The molecule has 0 radical (unpaired) electrons. The van der Waals surface area contributed by atoms with Crippen LogP contribution in [0.2, 0.25) is 0 Å². The van der Waals surface area contributed by atoms with Gasteiger partial charge in [-0.05, 0) is 53.8 Å². The Bertz CT molecular complexity index is 637. The van der Waals surface area contributed by atoms with Gasteiger partial charge < -0.3 is 4.90 Å². The molecule has 1 aromatic carbocycles. The largest absolute Gasteiger partial charge is 0.302 e. The van der Waals surface area contributed by atoms with Crippen molar-refractivity contribution in [3.63, 3.8) is 0 Å². The first-order valence-electron chi connectivity index (χ1n) is 6.76. The molecule has 116 valence electrons. The smallest absolute Gasteiger partial charge is 0.244 e. The molecule has 1 atom stereocenters. The van der Waals surface area contributed by atoms with E-state index in [0.717, 1.165) is 32.0 Å². The van der Waals surface area contributed by atoms with Crippen LogP contribution < -0.4 is 4.72 Å². The fourth-order valence-corrected chi connectivity index (χ4v) is 5.60. The lowest BCUT2D eigenvalue weighted by Gasteiger charge is -2.44. The van der Waals surface area contributed by atoms with Gasteiger partial charge in [-0.15, -0.1) is 0 Å². The molecule has 8 heteroatoms. The molecular weight excluding hydrogens is 366 g/mol. The predicted molar refractivity (Wildman–Crippen MR) is 77.3 cm³/mol. The van der Waals surface area contributed by atoms with Gasteiger partial charge in [-0.3, -0.25) is 0 Å². The lowest BCUT2D eigenvalue weighted by atomic mass is 9.85. The molecule has 3 aliphatic heterocycles. The van der Waals surface area contributed by atoms with Crippen LogP contribution in [0.1, 0.15) is 12.8 Å². The Labute approximate surface area is 130 Å². The SMILES string of the molecule is O=S(=O)(NC1CN2CCC1CC2)c1c(F)cc(F)cc1Br. The van der Waals surface area contributed by atoms with Crippen molar-refractivity contribution in [1.82, 2.24) is 9.62 Å². The van der Waals surface area contributed by atoms with Gasteiger partial charge in [-0.1, -0.05) is 0 Å². The molecule has 2 bridgehead atoms. The summed E-state index contributed by atoms with van der Waals surface area (Å²) >= 11 is 2.93. The molecule has 1 N–H and O–H groups in total. The Balaban J connectivity index is 1.88. The Morgan fingerprint density at radius 3 is 2.43 bits per heavy atom. The average molecular weight is 381 g/mol. The predicted octanol–water partition coefficient (Wildman–Crippen LogP) is 2.10. The summed E-state index contributed by atoms with van der Waals surface area (Å²) in [6, 6.07) is 1.32. The van der Waals surface area contributed by atoms with Crippen LogP contribution in [0.4, 0.5) is 8.78 Å². The maximum Gasteiger partial charge on any atom is 0.244 e. The highest BCUT2D eigenvalue weighted by Gasteiger charge is 2.37. The molecule has 0 saturated carbocycles. The van der Waals surface area contributed by atoms with Crippen LogP contribution in [0.5, 0.6) is 0 Å². The third kappa shape index (κ3) is 2.99. The van der Waals surface area contributed by atoms with Gasteiger partial charge in [0, 0.05) is 23.1 Å². The van der Waals surface area contributed by atoms with Gasteiger partial charge in [0.25, 0.3) is 0 Å². The first kappa shape index (κ1) is 15.3. The van der Waals surface area contributed by atoms with Crippen LogP contribution in [0, 0.1) is 17.6 Å². The Morgan fingerprint density at radius 1 is 1.24 bits per heavy atom. The van der Waals surface area contributed by atoms with Crippen molar-refractivity contribution in [3.05, 3.63) is 28.2 Å². The van der Waals surface area contributed by atoms with Crippen LogP contribution >= 0.6 is 15.9 Å². The van der Waals surface area contributed by atoms with E-state index in [1.54, 1.807) is 0 Å². The minimum atomic E-state index is -4.03. The number of nitrogens with one attached hydrogen (secondary N) is 1. The zero-order valence-corrected chi connectivity index (χ0v) is 13.6. The first-order valence-corrected chi connectivity index (χ1v) is 9.03. The average Bonchev–Trinajstić information content (AvgIpc) is 2.37. The van der Waals surface area contributed by atoms with Gasteiger partial charge in [0.2, 0.25) is 10.0 Å². The molecule has 3 aliphatic rings. The topological polar surface area (TPSA) is 49.4 Å². The van der Waals surface area contributed by atoms with Crippen molar-refractivity contribution in [2.45, 2.75) is 23.8 Å². The monoisotopic (exact) mass is 380 g/mol. The minimum absolute atomic E-state index is 0.103. The number of benzene rings is 1. The van der Waals surface area contributed by atoms with Crippen LogP contribution in [-0.4, -0.2) is 39.0 Å². The summed E-state index contributed by atoms with van der Waals surface area (Å²) in [5.41, 5.74) is 0. The number of fused-ring (bicyclic) bond motifs is 3. The van der Waals surface area contributed by atoms with Gasteiger partial charge in [-0.25, -0.2) is 21.9 Å². The molecule has 0 amide bonds. The van der Waals surface area contributed by atoms with E-state index in [-0.39, 0.29) is 16.4 Å². The van der Waals surface area contributed by atoms with E-state index in [1.165, 1.54) is 0 Å². The van der Waals surface area contributed by atoms with Gasteiger partial charge in [-0.2, -0.15) is 0 Å². The van der Waals surface area contributed by atoms with Gasteiger partial charge in [0.05, 0.1) is 0 Å². The number of hydrogen-bond donors (Lipinski definition) is 1. The van der Waals surface area contributed by atoms with E-state index in [4.69, 9.17) is 0 Å². The molecule has 0 aliphatic carbocycles. The molecular formula is C13H15BrF2N2O2S. The highest BCUT2D eigenvalue weighted by atomic mass is 79.9. The molecule has 1 unspecified atom stereocenters. The third-order valence-corrected chi connectivity index (χ3v) is 6.65. The van der Waals surface area contributed by atoms with E-state index in [2.05, 4.69) is 25.6 Å². The van der Waals surface area contributed by atoms with Gasteiger partial charge in [0.1, 0.15) is 16.5 Å². The van der Waals surface area contributed by atoms with Crippen molar-refractivity contribution >= 4 is 26.0 Å². The second-order valence-corrected chi connectivity index (χ2v) is 8.07. The number of halogens is 3. The zero-order chi connectivity index (χ0) is 15.2. The number of rotatable bonds is 3. The normalized spacial score (nSPS) is 28.8. The highest BCUT2D eigenvalue weighted by molar-refractivity contribution is 9.10. The molecule has 3 fully saturated rings. The van der Waals surface area contributed by atoms with Crippen molar-refractivity contribution in [2.24, 2.45) is 5.92 Å². The van der Waals surface area contributed by atoms with Gasteiger partial charge in [0.15, 0.2) is 0 Å². The van der Waals surface area contributed by atoms with E-state index in [0.29, 0.717) is 12.6 Å². The number of hydrogen-bond acceptors (Lipinski definition) is 3. The third-order valence-electron chi connectivity index (χ3n) is 4.19. The Hall–Kier alpha value is -0.570. The minimum Gasteiger partial charge on any atom is -0.302 e. The molecule has 3 saturated heterocycles. The maximum atomic E-state index is 13.8. The Morgan fingerprint density at radius 2 is 1.90 bits per heavy atom. The molecule has 0 spiro atoms. The van der Waals surface area contributed by atoms with Crippen LogP contribution in [0.25, 0.3) is 0 Å². The summed E-state index contributed by atoms with van der Waals surface area (Å²) < 4.78 is 54.2. The second kappa shape index (κ2) is 5.57. The summed E-state index contributed by atoms with van der Waals surface area (Å²) in [6.45, 7) is 2.61. The maximum absolute atomic E-state index is 13.8. The molecule has 4 nitrogen and oxygen atoms in total. The molecule has 3 heterocycles. The summed E-state index contributed by atoms with van der Waals surface area (Å²) in [4.78, 5) is 1.67. The summed E-state index contributed by atoms with van der Waals surface area (Å²) in [7, 11) is -4.03. The number of sulfonamides is 1. The summed E-state index contributed by atoms with van der Waals surface area (Å²) in [6.07, 6.45) is 1.89. The van der Waals surface area contributed by atoms with Crippen LogP contribution in [-0.2, 0) is 10.0 Å². The van der Waals surface area contributed by atoms with E-state index < -0.39 is 26.6 Å². The fourth-order valence-electron chi connectivity index (χ4n) is 3.14. The second-order valence-electron chi connectivity index (χ2n) is 5.56. The number of nitrogens with zero attached hydrogens (tertiary/aromatic N) is 1. The van der Waals surface area contributed by atoms with Gasteiger partial charge >= 0.3 is 0 Å². The fraction of sp³-hybridized carbons (Fsp3) is 0.538. The van der Waals surface area contributed by atoms with Crippen molar-refractivity contribution < 1.29 is 17.2 Å². The van der Waals surface area contributed by atoms with E-state index >= 15 is 0 Å². The van der Waals surface area contributed by atoms with Crippen molar-refractivity contribution in [1.29, 1.82) is 0 Å². The molecule has 4 rings (SSSR count). The lowest BCUT2D eigenvalue weighted by molar-refractivity contribution is 0.0826. The zero-order valence-electron chi connectivity index (χ0n) is 11.2. The lowest BCUT2D eigenvalue weighted by Crippen LogP contribution is -2.57. The Kier molecular flexibility index (Phi) is 4.06. The van der Waals surface area contributed by atoms with Crippen molar-refractivity contribution in [3.8, 4) is 0 Å². The quantitative estimate of drug-likeness (QED) is 0.873. The summed E-state index contributed by atoms with van der Waals surface area (Å²) in [5, 5.41) is 0. The van der Waals surface area contributed by atoms with Crippen molar-refractivity contribution in [2.75, 3.05) is 19.6 Å². The number of piperidine rings is 3. The van der Waals surface area contributed by atoms with E-state index in [1.807, 2.05) is 0 Å². The molecule has 1 aromatic rings. The molecule has 0 aromatic heterocycles. The van der Waals surface area contributed by atoms with Crippen LogP contribution in [0.3, 0.4) is 0 Å².